The minimum absolute atomic E-state index is 0.102. The van der Waals surface area contributed by atoms with Crippen LogP contribution in [-0.4, -0.2) is 24.1 Å². The fourth-order valence-electron chi connectivity index (χ4n) is 1.51. The van der Waals surface area contributed by atoms with Crippen molar-refractivity contribution in [1.29, 1.82) is 0 Å². The van der Waals surface area contributed by atoms with Crippen molar-refractivity contribution < 1.29 is 23.8 Å². The summed E-state index contributed by atoms with van der Waals surface area (Å²) in [6, 6.07) is 7.20. The van der Waals surface area contributed by atoms with Crippen LogP contribution in [0.25, 0.3) is 0 Å². The van der Waals surface area contributed by atoms with Crippen LogP contribution >= 0.6 is 11.6 Å². The first-order valence-corrected chi connectivity index (χ1v) is 5.87. The van der Waals surface area contributed by atoms with Crippen LogP contribution in [0.15, 0.2) is 34.7 Å². The molecule has 2 N–H and O–H groups in total. The van der Waals surface area contributed by atoms with E-state index in [1.165, 1.54) is 25.3 Å². The number of furan rings is 1. The summed E-state index contributed by atoms with van der Waals surface area (Å²) in [7, 11) is 1.48. The lowest BCUT2D eigenvalue weighted by Crippen LogP contribution is -2.11. The summed E-state index contributed by atoms with van der Waals surface area (Å²) in [5.74, 6) is -1.73. The molecule has 20 heavy (non-hydrogen) atoms. The Kier molecular flexibility index (Phi) is 3.95. The number of amides is 1. The zero-order valence-corrected chi connectivity index (χ0v) is 11.1. The molecule has 0 spiro atoms. The molecule has 6 nitrogen and oxygen atoms in total. The zero-order chi connectivity index (χ0) is 14.7. The maximum absolute atomic E-state index is 11.8. The van der Waals surface area contributed by atoms with Crippen LogP contribution in [0.4, 0.5) is 5.69 Å². The molecule has 0 aliphatic rings. The van der Waals surface area contributed by atoms with Gasteiger partial charge < -0.3 is 19.6 Å². The molecule has 1 amide bonds. The largest absolute Gasteiger partial charge is 0.495 e. The van der Waals surface area contributed by atoms with Crippen molar-refractivity contribution in [1.82, 2.24) is 0 Å². The second-order valence-electron chi connectivity index (χ2n) is 3.77. The summed E-state index contributed by atoms with van der Waals surface area (Å²) in [4.78, 5) is 22.5. The lowest BCUT2D eigenvalue weighted by molar-refractivity contribution is 0.0660. The number of hydrogen-bond donors (Lipinski definition) is 2. The van der Waals surface area contributed by atoms with Crippen LogP contribution in [0.5, 0.6) is 5.75 Å². The molecule has 0 aliphatic heterocycles. The van der Waals surface area contributed by atoms with Crippen molar-refractivity contribution in [2.45, 2.75) is 0 Å². The van der Waals surface area contributed by atoms with Crippen LogP contribution in [0.1, 0.15) is 21.1 Å². The molecule has 0 saturated carbocycles. The molecule has 0 saturated heterocycles. The molecule has 2 aromatic rings. The number of carboxylic acid groups (broad SMARTS) is 1. The molecule has 1 aromatic carbocycles. The number of nitrogens with one attached hydrogen (secondary N) is 1. The Hall–Kier alpha value is -2.47. The lowest BCUT2D eigenvalue weighted by atomic mass is 10.3. The van der Waals surface area contributed by atoms with E-state index in [-0.39, 0.29) is 11.5 Å². The summed E-state index contributed by atoms with van der Waals surface area (Å²) in [6.45, 7) is 0. The fourth-order valence-corrected chi connectivity index (χ4v) is 1.77. The molecular formula is C13H10ClNO5. The molecule has 0 fully saturated rings. The molecule has 104 valence electrons. The average Bonchev–Trinajstić information content (AvgIpc) is 2.88. The third kappa shape index (κ3) is 2.92. The number of ether oxygens (including phenoxy) is 1. The summed E-state index contributed by atoms with van der Waals surface area (Å²) in [5.41, 5.74) is 0.439. The predicted molar refractivity (Wildman–Crippen MR) is 71.6 cm³/mol. The number of aromatic carboxylic acids is 1. The number of carboxylic acids is 1. The normalized spacial score (nSPS) is 10.1. The Bertz CT molecular complexity index is 665. The van der Waals surface area contributed by atoms with E-state index >= 15 is 0 Å². The predicted octanol–water partition coefficient (Wildman–Crippen LogP) is 2.89. The molecule has 0 bridgehead atoms. The number of carbonyl (C=O) groups excluding carboxylic acids is 1. The fraction of sp³-hybridized carbons (Fsp3) is 0.0769. The van der Waals surface area contributed by atoms with Gasteiger partial charge in [-0.3, -0.25) is 4.79 Å². The Morgan fingerprint density at radius 1 is 1.25 bits per heavy atom. The monoisotopic (exact) mass is 295 g/mol. The molecule has 7 heteroatoms. The number of carbonyl (C=O) groups is 2. The third-order valence-corrected chi connectivity index (χ3v) is 2.75. The second-order valence-corrected chi connectivity index (χ2v) is 4.18. The van der Waals surface area contributed by atoms with Crippen molar-refractivity contribution in [2.75, 3.05) is 12.4 Å². The van der Waals surface area contributed by atoms with Crippen LogP contribution in [0.2, 0.25) is 5.02 Å². The number of methoxy groups -OCH3 is 1. The Morgan fingerprint density at radius 3 is 2.50 bits per heavy atom. The van der Waals surface area contributed by atoms with Gasteiger partial charge in [0.05, 0.1) is 12.1 Å². The molecule has 0 radical (unpaired) electrons. The second kappa shape index (κ2) is 5.66. The van der Waals surface area contributed by atoms with Crippen molar-refractivity contribution in [2.24, 2.45) is 0 Å². The van der Waals surface area contributed by atoms with Gasteiger partial charge in [0.15, 0.2) is 5.76 Å². The van der Waals surface area contributed by atoms with Crippen LogP contribution < -0.4 is 10.1 Å². The van der Waals surface area contributed by atoms with Gasteiger partial charge in [0.2, 0.25) is 5.76 Å². The van der Waals surface area contributed by atoms with Gasteiger partial charge in [-0.05, 0) is 30.3 Å². The number of rotatable bonds is 4. The van der Waals surface area contributed by atoms with Gasteiger partial charge in [0.1, 0.15) is 5.75 Å². The van der Waals surface area contributed by atoms with Crippen molar-refractivity contribution in [3.8, 4) is 5.75 Å². The topological polar surface area (TPSA) is 88.8 Å². The summed E-state index contributed by atoms with van der Waals surface area (Å²) in [6.07, 6.45) is 0. The van der Waals surface area contributed by atoms with Gasteiger partial charge in [-0.2, -0.15) is 0 Å². The van der Waals surface area contributed by atoms with E-state index in [0.29, 0.717) is 16.5 Å². The van der Waals surface area contributed by atoms with Gasteiger partial charge >= 0.3 is 5.97 Å². The minimum atomic E-state index is -1.24. The Balaban J connectivity index is 2.14. The third-order valence-electron chi connectivity index (χ3n) is 2.45. The first-order chi connectivity index (χ1) is 9.51. The molecular weight excluding hydrogens is 286 g/mol. The average molecular weight is 296 g/mol. The highest BCUT2D eigenvalue weighted by atomic mass is 35.5. The van der Waals surface area contributed by atoms with Crippen LogP contribution in [0.3, 0.4) is 0 Å². The number of hydrogen-bond acceptors (Lipinski definition) is 4. The van der Waals surface area contributed by atoms with E-state index in [0.717, 1.165) is 0 Å². The number of halogens is 1. The van der Waals surface area contributed by atoms with Gasteiger partial charge in [-0.15, -0.1) is 0 Å². The maximum atomic E-state index is 11.8. The summed E-state index contributed by atoms with van der Waals surface area (Å²) < 4.78 is 9.88. The van der Waals surface area contributed by atoms with Gasteiger partial charge in [-0.25, -0.2) is 4.79 Å². The molecule has 0 unspecified atom stereocenters. The van der Waals surface area contributed by atoms with E-state index < -0.39 is 11.9 Å². The highest BCUT2D eigenvalue weighted by Crippen LogP contribution is 2.27. The molecule has 1 aromatic heterocycles. The molecule has 0 atom stereocenters. The Labute approximate surface area is 118 Å². The van der Waals surface area contributed by atoms with Gasteiger partial charge in [-0.1, -0.05) is 11.6 Å². The van der Waals surface area contributed by atoms with E-state index in [4.69, 9.17) is 25.9 Å². The smallest absolute Gasteiger partial charge is 0.371 e. The van der Waals surface area contributed by atoms with Crippen molar-refractivity contribution in [3.05, 3.63) is 46.9 Å². The first-order valence-electron chi connectivity index (χ1n) is 5.49. The molecule has 0 aliphatic carbocycles. The molecule has 1 heterocycles. The summed E-state index contributed by atoms with van der Waals surface area (Å²) >= 11 is 5.93. The quantitative estimate of drug-likeness (QED) is 0.905. The highest BCUT2D eigenvalue weighted by molar-refractivity contribution is 6.32. The van der Waals surface area contributed by atoms with E-state index in [9.17, 15) is 9.59 Å². The highest BCUT2D eigenvalue weighted by Gasteiger charge is 2.15. The zero-order valence-electron chi connectivity index (χ0n) is 10.3. The van der Waals surface area contributed by atoms with E-state index in [1.54, 1.807) is 12.1 Å². The first kappa shape index (κ1) is 14.0. The minimum Gasteiger partial charge on any atom is -0.495 e. The van der Waals surface area contributed by atoms with E-state index in [1.807, 2.05) is 0 Å². The maximum Gasteiger partial charge on any atom is 0.371 e. The standard InChI is InChI=1S/C13H10ClNO5/c1-19-9-3-2-7(6-8(9)14)15-12(16)10-4-5-11(20-10)13(17)18/h2-6H,1H3,(H,15,16)(H,17,18). The van der Waals surface area contributed by atoms with E-state index in [2.05, 4.69) is 5.32 Å². The van der Waals surface area contributed by atoms with Gasteiger partial charge in [0.25, 0.3) is 5.91 Å². The Morgan fingerprint density at radius 2 is 1.95 bits per heavy atom. The number of anilines is 1. The van der Waals surface area contributed by atoms with Crippen molar-refractivity contribution in [3.63, 3.8) is 0 Å². The van der Waals surface area contributed by atoms with Gasteiger partial charge in [0, 0.05) is 5.69 Å². The van der Waals surface area contributed by atoms with Crippen LogP contribution in [0, 0.1) is 0 Å². The van der Waals surface area contributed by atoms with Crippen LogP contribution in [-0.2, 0) is 0 Å². The number of benzene rings is 1. The molecule has 2 rings (SSSR count). The SMILES string of the molecule is COc1ccc(NC(=O)c2ccc(C(=O)O)o2)cc1Cl. The summed E-state index contributed by atoms with van der Waals surface area (Å²) in [5, 5.41) is 11.6. The van der Waals surface area contributed by atoms with Crippen molar-refractivity contribution >= 4 is 29.2 Å². The lowest BCUT2D eigenvalue weighted by Gasteiger charge is -2.06.